The molecule has 2 heteroatoms. The van der Waals surface area contributed by atoms with E-state index in [1.807, 2.05) is 0 Å². The van der Waals surface area contributed by atoms with Crippen molar-refractivity contribution in [1.82, 2.24) is 0 Å². The van der Waals surface area contributed by atoms with Gasteiger partial charge in [0.05, 0.1) is 0 Å². The monoisotopic (exact) mass is 310 g/mol. The summed E-state index contributed by atoms with van der Waals surface area (Å²) in [5.74, 6) is 5.49. The molecular weight excluding hydrogens is 284 g/mol. The summed E-state index contributed by atoms with van der Waals surface area (Å²) in [4.78, 5) is 24.4. The molecule has 0 saturated heterocycles. The highest BCUT2D eigenvalue weighted by Gasteiger charge is 2.59. The maximum atomic E-state index is 12.4. The molecular formula is C21H26O2. The number of hydrogen-bond donors (Lipinski definition) is 0. The van der Waals surface area contributed by atoms with Crippen molar-refractivity contribution in [2.24, 2.45) is 28.6 Å². The molecule has 4 rings (SSSR count). The third kappa shape index (κ3) is 1.95. The lowest BCUT2D eigenvalue weighted by Crippen LogP contribution is -2.51. The lowest BCUT2D eigenvalue weighted by molar-refractivity contribution is -0.132. The van der Waals surface area contributed by atoms with E-state index in [2.05, 4.69) is 18.9 Å². The number of rotatable bonds is 1. The third-order valence-corrected chi connectivity index (χ3v) is 7.79. The summed E-state index contributed by atoms with van der Waals surface area (Å²) in [6, 6.07) is 0. The summed E-state index contributed by atoms with van der Waals surface area (Å²) < 4.78 is 0. The summed E-state index contributed by atoms with van der Waals surface area (Å²) >= 11 is 0. The van der Waals surface area contributed by atoms with Gasteiger partial charge in [0.1, 0.15) is 11.6 Å². The van der Waals surface area contributed by atoms with Gasteiger partial charge in [0.2, 0.25) is 0 Å². The zero-order valence-corrected chi connectivity index (χ0v) is 14.1. The SMILES string of the molecule is C#CC[C@]12CCC(=O)CC1=CC[C@@H]1[C@@H]2CC[C@]2(C)C(=O)CC[C@@H]12. The lowest BCUT2D eigenvalue weighted by Gasteiger charge is -2.56. The van der Waals surface area contributed by atoms with Crippen LogP contribution in [0.25, 0.3) is 0 Å². The molecule has 0 unspecified atom stereocenters. The maximum absolute atomic E-state index is 12.4. The molecule has 0 aromatic rings. The quantitative estimate of drug-likeness (QED) is 0.540. The van der Waals surface area contributed by atoms with Gasteiger partial charge in [-0.3, -0.25) is 9.59 Å². The molecule has 4 aliphatic rings. The number of fused-ring (bicyclic) bond motifs is 5. The summed E-state index contributed by atoms with van der Waals surface area (Å²) in [6.07, 6.45) is 16.1. The van der Waals surface area contributed by atoms with Crippen LogP contribution in [0, 0.1) is 40.9 Å². The van der Waals surface area contributed by atoms with Gasteiger partial charge in [0.25, 0.3) is 0 Å². The molecule has 0 heterocycles. The van der Waals surface area contributed by atoms with Crippen LogP contribution < -0.4 is 0 Å². The molecule has 0 N–H and O–H groups in total. The Hall–Kier alpha value is -1.36. The highest BCUT2D eigenvalue weighted by molar-refractivity contribution is 5.87. The molecule has 0 spiro atoms. The zero-order chi connectivity index (χ0) is 16.2. The van der Waals surface area contributed by atoms with Crippen LogP contribution in [0.3, 0.4) is 0 Å². The summed E-state index contributed by atoms with van der Waals surface area (Å²) in [6.45, 7) is 2.21. The first-order valence-corrected chi connectivity index (χ1v) is 9.19. The molecule has 0 bridgehead atoms. The molecule has 0 aromatic heterocycles. The summed E-state index contributed by atoms with van der Waals surface area (Å²) in [7, 11) is 0. The Bertz CT molecular complexity index is 637. The van der Waals surface area contributed by atoms with Crippen LogP contribution in [0.1, 0.15) is 64.7 Å². The number of hydrogen-bond acceptors (Lipinski definition) is 2. The Balaban J connectivity index is 1.75. The second kappa shape index (κ2) is 5.07. The fourth-order valence-corrected chi connectivity index (χ4v) is 6.57. The van der Waals surface area contributed by atoms with Crippen molar-refractivity contribution < 1.29 is 9.59 Å². The van der Waals surface area contributed by atoms with E-state index in [4.69, 9.17) is 6.42 Å². The molecule has 0 aliphatic heterocycles. The number of Topliss-reactive ketones (excluding diaryl/α,β-unsaturated/α-hetero) is 2. The van der Waals surface area contributed by atoms with Gasteiger partial charge in [0.15, 0.2) is 0 Å². The molecule has 122 valence electrons. The van der Waals surface area contributed by atoms with Gasteiger partial charge in [0, 0.05) is 36.5 Å². The smallest absolute Gasteiger partial charge is 0.139 e. The van der Waals surface area contributed by atoms with Crippen molar-refractivity contribution in [2.75, 3.05) is 0 Å². The Morgan fingerprint density at radius 3 is 2.83 bits per heavy atom. The van der Waals surface area contributed by atoms with E-state index in [1.165, 1.54) is 5.57 Å². The minimum atomic E-state index is -0.0890. The Morgan fingerprint density at radius 1 is 1.22 bits per heavy atom. The van der Waals surface area contributed by atoms with E-state index in [0.717, 1.165) is 44.9 Å². The van der Waals surface area contributed by atoms with Crippen LogP contribution in [0.5, 0.6) is 0 Å². The van der Waals surface area contributed by atoms with Crippen LogP contribution in [-0.4, -0.2) is 11.6 Å². The van der Waals surface area contributed by atoms with Gasteiger partial charge in [-0.05, 0) is 49.9 Å². The largest absolute Gasteiger partial charge is 0.299 e. The van der Waals surface area contributed by atoms with E-state index < -0.39 is 0 Å². The van der Waals surface area contributed by atoms with Crippen LogP contribution >= 0.6 is 0 Å². The fraction of sp³-hybridized carbons (Fsp3) is 0.714. The zero-order valence-electron chi connectivity index (χ0n) is 14.1. The highest BCUT2D eigenvalue weighted by atomic mass is 16.1. The van der Waals surface area contributed by atoms with Crippen molar-refractivity contribution in [3.05, 3.63) is 11.6 Å². The Kier molecular flexibility index (Phi) is 3.34. The Labute approximate surface area is 139 Å². The first-order chi connectivity index (χ1) is 11.0. The van der Waals surface area contributed by atoms with Crippen LogP contribution in [0.15, 0.2) is 11.6 Å². The average Bonchev–Trinajstić information content (AvgIpc) is 2.84. The topological polar surface area (TPSA) is 34.1 Å². The van der Waals surface area contributed by atoms with Gasteiger partial charge < -0.3 is 0 Å². The second-order valence-electron chi connectivity index (χ2n) is 8.51. The maximum Gasteiger partial charge on any atom is 0.139 e. The van der Waals surface area contributed by atoms with E-state index in [-0.39, 0.29) is 10.8 Å². The number of allylic oxidation sites excluding steroid dienone is 2. The minimum absolute atomic E-state index is 0.0541. The van der Waals surface area contributed by atoms with E-state index >= 15 is 0 Å². The number of ketones is 2. The fourth-order valence-electron chi connectivity index (χ4n) is 6.57. The standard InChI is InChI=1S/C21H26O2/c1-3-10-21-12-8-15(22)13-14(21)4-5-16-17-6-7-19(23)20(17,2)11-9-18(16)21/h1,4,16-18H,5-13H2,2H3/t16-,17-,18-,20-,21-/m0/s1. The van der Waals surface area contributed by atoms with Crippen molar-refractivity contribution in [2.45, 2.75) is 64.7 Å². The molecule has 5 atom stereocenters. The van der Waals surface area contributed by atoms with Crippen LogP contribution in [0.4, 0.5) is 0 Å². The molecule has 2 nitrogen and oxygen atoms in total. The predicted octanol–water partition coefficient (Wildman–Crippen LogP) is 4.09. The third-order valence-electron chi connectivity index (χ3n) is 7.79. The van der Waals surface area contributed by atoms with Gasteiger partial charge >= 0.3 is 0 Å². The number of carbonyl (C=O) groups is 2. The van der Waals surface area contributed by atoms with Crippen molar-refractivity contribution in [3.63, 3.8) is 0 Å². The van der Waals surface area contributed by atoms with E-state index in [9.17, 15) is 9.59 Å². The van der Waals surface area contributed by atoms with Crippen molar-refractivity contribution >= 4 is 11.6 Å². The second-order valence-corrected chi connectivity index (χ2v) is 8.51. The molecule has 0 amide bonds. The van der Waals surface area contributed by atoms with Gasteiger partial charge in [-0.15, -0.1) is 12.3 Å². The molecule has 4 aliphatic carbocycles. The number of terminal acetylenes is 1. The summed E-state index contributed by atoms with van der Waals surface area (Å²) in [5.41, 5.74) is 1.30. The molecule has 3 fully saturated rings. The van der Waals surface area contributed by atoms with Gasteiger partial charge in [-0.2, -0.15) is 0 Å². The predicted molar refractivity (Wildman–Crippen MR) is 89.5 cm³/mol. The average molecular weight is 310 g/mol. The number of carbonyl (C=O) groups excluding carboxylic acids is 2. The van der Waals surface area contributed by atoms with E-state index in [0.29, 0.717) is 42.2 Å². The van der Waals surface area contributed by atoms with Crippen molar-refractivity contribution in [1.29, 1.82) is 0 Å². The molecule has 23 heavy (non-hydrogen) atoms. The lowest BCUT2D eigenvalue weighted by atomic mass is 9.47. The highest BCUT2D eigenvalue weighted by Crippen LogP contribution is 2.64. The first kappa shape index (κ1) is 15.2. The Morgan fingerprint density at radius 2 is 2.04 bits per heavy atom. The van der Waals surface area contributed by atoms with Gasteiger partial charge in [-0.1, -0.05) is 18.6 Å². The molecule has 0 radical (unpaired) electrons. The minimum Gasteiger partial charge on any atom is -0.299 e. The normalized spacial score (nSPS) is 45.6. The van der Waals surface area contributed by atoms with Crippen molar-refractivity contribution in [3.8, 4) is 12.3 Å². The van der Waals surface area contributed by atoms with Gasteiger partial charge in [-0.25, -0.2) is 0 Å². The van der Waals surface area contributed by atoms with Crippen LogP contribution in [0.2, 0.25) is 0 Å². The van der Waals surface area contributed by atoms with Crippen LogP contribution in [-0.2, 0) is 9.59 Å². The van der Waals surface area contributed by atoms with E-state index in [1.54, 1.807) is 0 Å². The first-order valence-electron chi connectivity index (χ1n) is 9.19. The molecule has 3 saturated carbocycles. The summed E-state index contributed by atoms with van der Waals surface area (Å²) in [5, 5.41) is 0. The molecule has 0 aromatic carbocycles.